The van der Waals surface area contributed by atoms with Crippen molar-refractivity contribution in [3.05, 3.63) is 23.4 Å². The number of fused-ring (bicyclic) bond motifs is 1. The predicted octanol–water partition coefficient (Wildman–Crippen LogP) is 1.17. The summed E-state index contributed by atoms with van der Waals surface area (Å²) >= 11 is 0. The van der Waals surface area contributed by atoms with E-state index in [4.69, 9.17) is 4.74 Å². The third kappa shape index (κ3) is 2.04. The van der Waals surface area contributed by atoms with Gasteiger partial charge in [-0.1, -0.05) is 6.07 Å². The third-order valence-electron chi connectivity index (χ3n) is 2.50. The van der Waals surface area contributed by atoms with Crippen molar-refractivity contribution in [2.45, 2.75) is 19.3 Å². The zero-order valence-corrected chi connectivity index (χ0v) is 8.55. The summed E-state index contributed by atoms with van der Waals surface area (Å²) in [7, 11) is 1.92. The van der Waals surface area contributed by atoms with E-state index in [2.05, 4.69) is 16.4 Å². The summed E-state index contributed by atoms with van der Waals surface area (Å²) in [5.74, 6) is 0.765. The molecule has 2 rings (SSSR count). The third-order valence-corrected chi connectivity index (χ3v) is 2.50. The molecule has 0 amide bonds. The second-order valence-electron chi connectivity index (χ2n) is 3.56. The van der Waals surface area contributed by atoms with Crippen molar-refractivity contribution in [2.24, 2.45) is 0 Å². The molecule has 0 fully saturated rings. The fourth-order valence-electron chi connectivity index (χ4n) is 1.74. The Hall–Kier alpha value is -1.09. The Bertz CT molecular complexity index is 312. The largest absolute Gasteiger partial charge is 0.476 e. The molecule has 0 aliphatic heterocycles. The molecule has 0 saturated heterocycles. The Morgan fingerprint density at radius 1 is 1.43 bits per heavy atom. The first kappa shape index (κ1) is 9.46. The van der Waals surface area contributed by atoms with E-state index < -0.39 is 0 Å². The van der Waals surface area contributed by atoms with Gasteiger partial charge in [0.15, 0.2) is 0 Å². The van der Waals surface area contributed by atoms with Crippen molar-refractivity contribution >= 4 is 0 Å². The summed E-state index contributed by atoms with van der Waals surface area (Å²) < 4.78 is 5.50. The monoisotopic (exact) mass is 192 g/mol. The van der Waals surface area contributed by atoms with Crippen LogP contribution in [0.5, 0.6) is 5.88 Å². The number of likely N-dealkylation sites (N-methyl/N-ethyl adjacent to an activating group) is 1. The number of pyridine rings is 1. The highest BCUT2D eigenvalue weighted by molar-refractivity contribution is 5.29. The van der Waals surface area contributed by atoms with Crippen LogP contribution >= 0.6 is 0 Å². The van der Waals surface area contributed by atoms with Crippen molar-refractivity contribution in [3.63, 3.8) is 0 Å². The molecule has 1 N–H and O–H groups in total. The van der Waals surface area contributed by atoms with Crippen LogP contribution in [0.2, 0.25) is 0 Å². The first-order valence-electron chi connectivity index (χ1n) is 5.16. The molecule has 0 atom stereocenters. The van der Waals surface area contributed by atoms with Gasteiger partial charge in [-0.05, 0) is 31.9 Å². The first-order valence-corrected chi connectivity index (χ1v) is 5.16. The van der Waals surface area contributed by atoms with Gasteiger partial charge in [0, 0.05) is 18.3 Å². The van der Waals surface area contributed by atoms with Crippen molar-refractivity contribution in [2.75, 3.05) is 20.2 Å². The molecule has 0 aromatic carbocycles. The maximum atomic E-state index is 5.50. The van der Waals surface area contributed by atoms with Gasteiger partial charge < -0.3 is 10.1 Å². The Morgan fingerprint density at radius 3 is 3.21 bits per heavy atom. The van der Waals surface area contributed by atoms with Crippen LogP contribution in [0.15, 0.2) is 12.1 Å². The first-order chi connectivity index (χ1) is 6.90. The van der Waals surface area contributed by atoms with Crippen molar-refractivity contribution in [1.29, 1.82) is 0 Å². The molecule has 1 aromatic heterocycles. The number of aryl methyl sites for hydroxylation is 2. The number of nitrogens with one attached hydrogen (secondary N) is 1. The van der Waals surface area contributed by atoms with Gasteiger partial charge in [0.25, 0.3) is 0 Å². The second-order valence-corrected chi connectivity index (χ2v) is 3.56. The summed E-state index contributed by atoms with van der Waals surface area (Å²) in [4.78, 5) is 4.48. The highest BCUT2D eigenvalue weighted by atomic mass is 16.5. The van der Waals surface area contributed by atoms with Gasteiger partial charge in [0.05, 0.1) is 0 Å². The number of aromatic nitrogens is 1. The van der Waals surface area contributed by atoms with Gasteiger partial charge in [-0.15, -0.1) is 0 Å². The molecule has 14 heavy (non-hydrogen) atoms. The standard InChI is InChI=1S/C11H16N2O/c1-12-7-8-14-11-6-5-9-3-2-4-10(9)13-11/h5-6,12H,2-4,7-8H2,1H3. The summed E-state index contributed by atoms with van der Waals surface area (Å²) in [5.41, 5.74) is 2.62. The maximum absolute atomic E-state index is 5.50. The molecule has 3 heteroatoms. The van der Waals surface area contributed by atoms with Gasteiger partial charge >= 0.3 is 0 Å². The molecule has 3 nitrogen and oxygen atoms in total. The summed E-state index contributed by atoms with van der Waals surface area (Å²) in [6, 6.07) is 4.11. The average Bonchev–Trinajstić information content (AvgIpc) is 2.65. The van der Waals surface area contributed by atoms with E-state index in [1.54, 1.807) is 0 Å². The predicted molar refractivity (Wildman–Crippen MR) is 55.7 cm³/mol. The minimum absolute atomic E-state index is 0.683. The smallest absolute Gasteiger partial charge is 0.213 e. The SMILES string of the molecule is CNCCOc1ccc2c(n1)CCC2. The van der Waals surface area contributed by atoms with E-state index in [0.717, 1.165) is 18.8 Å². The van der Waals surface area contributed by atoms with Crippen molar-refractivity contribution in [1.82, 2.24) is 10.3 Å². The van der Waals surface area contributed by atoms with Crippen molar-refractivity contribution < 1.29 is 4.74 Å². The Balaban J connectivity index is 1.98. The van der Waals surface area contributed by atoms with E-state index >= 15 is 0 Å². The van der Waals surface area contributed by atoms with Crippen LogP contribution < -0.4 is 10.1 Å². The molecule has 1 aliphatic rings. The summed E-state index contributed by atoms with van der Waals surface area (Å²) in [6.07, 6.45) is 3.53. The summed E-state index contributed by atoms with van der Waals surface area (Å²) in [5, 5.41) is 3.04. The molecule has 76 valence electrons. The number of nitrogens with zero attached hydrogens (tertiary/aromatic N) is 1. The minimum Gasteiger partial charge on any atom is -0.476 e. The lowest BCUT2D eigenvalue weighted by molar-refractivity contribution is 0.305. The lowest BCUT2D eigenvalue weighted by atomic mass is 10.2. The van der Waals surface area contributed by atoms with E-state index in [0.29, 0.717) is 6.61 Å². The topological polar surface area (TPSA) is 34.1 Å². The van der Waals surface area contributed by atoms with Crippen LogP contribution in [0.1, 0.15) is 17.7 Å². The Kier molecular flexibility index (Phi) is 2.99. The number of ether oxygens (including phenoxy) is 1. The van der Waals surface area contributed by atoms with Gasteiger partial charge in [-0.2, -0.15) is 0 Å². The minimum atomic E-state index is 0.683. The lowest BCUT2D eigenvalue weighted by Crippen LogP contribution is -2.16. The maximum Gasteiger partial charge on any atom is 0.213 e. The molecule has 1 aliphatic carbocycles. The van der Waals surface area contributed by atoms with E-state index in [9.17, 15) is 0 Å². The van der Waals surface area contributed by atoms with Crippen LogP contribution in [0.3, 0.4) is 0 Å². The van der Waals surface area contributed by atoms with Crippen LogP contribution in [0.4, 0.5) is 0 Å². The number of hydrogen-bond donors (Lipinski definition) is 1. The molecular weight excluding hydrogens is 176 g/mol. The molecule has 1 aromatic rings. The Labute approximate surface area is 84.5 Å². The van der Waals surface area contributed by atoms with Gasteiger partial charge in [0.2, 0.25) is 5.88 Å². The highest BCUT2D eigenvalue weighted by Crippen LogP contribution is 2.22. The molecule has 0 bridgehead atoms. The van der Waals surface area contributed by atoms with Crippen LogP contribution in [0.25, 0.3) is 0 Å². The molecule has 1 heterocycles. The van der Waals surface area contributed by atoms with Gasteiger partial charge in [-0.25, -0.2) is 4.98 Å². The molecule has 0 saturated carbocycles. The molecule has 0 radical (unpaired) electrons. The van der Waals surface area contributed by atoms with E-state index in [1.165, 1.54) is 24.1 Å². The zero-order valence-electron chi connectivity index (χ0n) is 8.55. The van der Waals surface area contributed by atoms with Crippen LogP contribution in [-0.2, 0) is 12.8 Å². The quantitative estimate of drug-likeness (QED) is 0.727. The average molecular weight is 192 g/mol. The molecule has 0 spiro atoms. The van der Waals surface area contributed by atoms with Gasteiger partial charge in [0.1, 0.15) is 6.61 Å². The second kappa shape index (κ2) is 4.42. The van der Waals surface area contributed by atoms with Crippen LogP contribution in [-0.4, -0.2) is 25.2 Å². The zero-order chi connectivity index (χ0) is 9.80. The fraction of sp³-hybridized carbons (Fsp3) is 0.545. The van der Waals surface area contributed by atoms with Crippen LogP contribution in [0, 0.1) is 0 Å². The number of rotatable bonds is 4. The molecular formula is C11H16N2O. The van der Waals surface area contributed by atoms with E-state index in [1.807, 2.05) is 13.1 Å². The number of hydrogen-bond acceptors (Lipinski definition) is 3. The molecule has 0 unspecified atom stereocenters. The normalized spacial score (nSPS) is 14.1. The Morgan fingerprint density at radius 2 is 2.36 bits per heavy atom. The van der Waals surface area contributed by atoms with Crippen molar-refractivity contribution in [3.8, 4) is 5.88 Å². The lowest BCUT2D eigenvalue weighted by Gasteiger charge is -2.06. The fourth-order valence-corrected chi connectivity index (χ4v) is 1.74. The van der Waals surface area contributed by atoms with Gasteiger partial charge in [-0.3, -0.25) is 0 Å². The summed E-state index contributed by atoms with van der Waals surface area (Å²) in [6.45, 7) is 1.54. The highest BCUT2D eigenvalue weighted by Gasteiger charge is 2.12. The van der Waals surface area contributed by atoms with E-state index in [-0.39, 0.29) is 0 Å².